The van der Waals surface area contributed by atoms with Gasteiger partial charge in [-0.05, 0) is 0 Å². The van der Waals surface area contributed by atoms with E-state index in [2.05, 4.69) is 6.92 Å². The molecule has 0 unspecified atom stereocenters. The first kappa shape index (κ1) is 15.9. The van der Waals surface area contributed by atoms with Crippen LogP contribution in [0, 0.1) is 0 Å². The molecule has 1 nitrogen and oxygen atoms in total. The van der Waals surface area contributed by atoms with Gasteiger partial charge in [-0.1, -0.05) is 19.8 Å². The third-order valence-electron chi connectivity index (χ3n) is 0.632. The molecule has 8 heavy (non-hydrogen) atoms. The van der Waals surface area contributed by atoms with Gasteiger partial charge in [0.15, 0.2) is 0 Å². The molecule has 0 aliphatic rings. The Balaban J connectivity index is -0.000000125. The van der Waals surface area contributed by atoms with Gasteiger partial charge >= 0.3 is 18.9 Å². The fraction of sp³-hybridized carbons (Fsp3) is 0.800. The Bertz CT molecular complexity index is 41.4. The number of carbonyl (C=O) groups excluding carboxylic acids is 1. The van der Waals surface area contributed by atoms with Crippen LogP contribution in [-0.4, -0.2) is 6.29 Å². The summed E-state index contributed by atoms with van der Waals surface area (Å²) < 4.78 is 0. The van der Waals surface area contributed by atoms with Crippen molar-refractivity contribution in [3.63, 3.8) is 0 Å². The number of rotatable bonds is 3. The molecule has 0 aliphatic carbocycles. The van der Waals surface area contributed by atoms with Gasteiger partial charge in [0.25, 0.3) is 0 Å². The van der Waals surface area contributed by atoms with E-state index in [4.69, 9.17) is 0 Å². The van der Waals surface area contributed by atoms with Crippen molar-refractivity contribution < 1.29 is 42.2 Å². The minimum atomic E-state index is 0. The maximum atomic E-state index is 9.44. The molecular formula is C5H9LiOV. The molecule has 0 saturated heterocycles. The largest absolute Gasteiger partial charge is 1.00 e. The van der Waals surface area contributed by atoms with E-state index in [-0.39, 0.29) is 37.4 Å². The molecular weight excluding hydrogens is 134 g/mol. The monoisotopic (exact) mass is 143 g/mol. The molecule has 41 valence electrons. The molecule has 0 saturated carbocycles. The minimum Gasteiger partial charge on any atom is -0.542 e. The van der Waals surface area contributed by atoms with E-state index in [0.29, 0.717) is 6.42 Å². The number of hydrogen-bond donors (Lipinski definition) is 0. The van der Waals surface area contributed by atoms with Crippen molar-refractivity contribution in [1.82, 2.24) is 0 Å². The molecule has 0 rings (SSSR count). The summed E-state index contributed by atoms with van der Waals surface area (Å²) in [6.07, 6.45) is 4.51. The first-order valence-corrected chi connectivity index (χ1v) is 2.26. The van der Waals surface area contributed by atoms with E-state index < -0.39 is 0 Å². The van der Waals surface area contributed by atoms with E-state index in [0.717, 1.165) is 12.8 Å². The van der Waals surface area contributed by atoms with Crippen molar-refractivity contribution in [2.45, 2.75) is 26.2 Å². The predicted molar refractivity (Wildman–Crippen MR) is 25.2 cm³/mol. The van der Waals surface area contributed by atoms with E-state index in [9.17, 15) is 4.79 Å². The molecule has 0 aromatic rings. The van der Waals surface area contributed by atoms with Gasteiger partial charge in [0.05, 0.1) is 0 Å². The van der Waals surface area contributed by atoms with Gasteiger partial charge in [-0.2, -0.15) is 6.42 Å². The van der Waals surface area contributed by atoms with Crippen LogP contribution in [0.25, 0.3) is 0 Å². The van der Waals surface area contributed by atoms with Gasteiger partial charge in [-0.15, -0.1) is 0 Å². The van der Waals surface area contributed by atoms with Gasteiger partial charge in [-0.25, -0.2) is 0 Å². The summed E-state index contributed by atoms with van der Waals surface area (Å²) in [5.41, 5.74) is 0. The van der Waals surface area contributed by atoms with Crippen LogP contribution < -0.4 is 18.9 Å². The quantitative estimate of drug-likeness (QED) is 0.261. The third-order valence-corrected chi connectivity index (χ3v) is 0.632. The van der Waals surface area contributed by atoms with Gasteiger partial charge in [0, 0.05) is 18.6 Å². The topological polar surface area (TPSA) is 17.1 Å². The Kier molecular flexibility index (Phi) is 31.2. The Labute approximate surface area is 74.7 Å². The third kappa shape index (κ3) is 15.8. The van der Waals surface area contributed by atoms with Crippen molar-refractivity contribution >= 4 is 6.29 Å². The van der Waals surface area contributed by atoms with E-state index in [1.165, 1.54) is 0 Å². The van der Waals surface area contributed by atoms with E-state index in [1.54, 1.807) is 0 Å². The Morgan fingerprint density at radius 2 is 2.00 bits per heavy atom. The summed E-state index contributed by atoms with van der Waals surface area (Å²) >= 11 is 0. The second-order valence-corrected chi connectivity index (χ2v) is 1.25. The van der Waals surface area contributed by atoms with Crippen LogP contribution in [0.2, 0.25) is 0 Å². The summed E-state index contributed by atoms with van der Waals surface area (Å²) in [5.74, 6) is 0. The second kappa shape index (κ2) is 15.7. The molecule has 0 N–H and O–H groups in total. The van der Waals surface area contributed by atoms with Crippen LogP contribution >= 0.6 is 0 Å². The van der Waals surface area contributed by atoms with Crippen LogP contribution in [0.3, 0.4) is 0 Å². The summed E-state index contributed by atoms with van der Waals surface area (Å²) in [6.45, 7) is 2.05. The number of hydrogen-bond acceptors (Lipinski definition) is 1. The molecule has 3 heteroatoms. The average molecular weight is 143 g/mol. The predicted octanol–water partition coefficient (Wildman–Crippen LogP) is -1.71. The maximum absolute atomic E-state index is 9.44. The second-order valence-electron chi connectivity index (χ2n) is 1.25. The smallest absolute Gasteiger partial charge is 0.542 e. The maximum Gasteiger partial charge on any atom is 1.00 e. The molecule has 0 aromatic heterocycles. The van der Waals surface area contributed by atoms with Crippen molar-refractivity contribution in [2.75, 3.05) is 0 Å². The average Bonchev–Trinajstić information content (AvgIpc) is 1.61. The summed E-state index contributed by atoms with van der Waals surface area (Å²) in [6, 6.07) is 0. The molecule has 0 atom stereocenters. The normalized spacial score (nSPS) is 6.12. The van der Waals surface area contributed by atoms with Crippen LogP contribution in [-0.2, 0) is 23.4 Å². The Morgan fingerprint density at radius 3 is 2.12 bits per heavy atom. The van der Waals surface area contributed by atoms with Crippen molar-refractivity contribution in [3.8, 4) is 0 Å². The van der Waals surface area contributed by atoms with Gasteiger partial charge in [0.2, 0.25) is 0 Å². The van der Waals surface area contributed by atoms with E-state index in [1.807, 2.05) is 6.29 Å². The fourth-order valence-electron chi connectivity index (χ4n) is 0.249. The van der Waals surface area contributed by atoms with Gasteiger partial charge in [-0.3, -0.25) is 6.29 Å². The molecule has 0 heterocycles. The van der Waals surface area contributed by atoms with Crippen molar-refractivity contribution in [1.29, 1.82) is 0 Å². The molecule has 0 aliphatic heterocycles. The minimum absolute atomic E-state index is 0. The van der Waals surface area contributed by atoms with Crippen LogP contribution in [0.15, 0.2) is 0 Å². The molecule has 0 bridgehead atoms. The summed E-state index contributed by atoms with van der Waals surface area (Å²) in [5, 5.41) is 0. The van der Waals surface area contributed by atoms with Crippen molar-refractivity contribution in [2.24, 2.45) is 0 Å². The first-order valence-electron chi connectivity index (χ1n) is 2.26. The van der Waals surface area contributed by atoms with Gasteiger partial charge in [0.1, 0.15) is 0 Å². The summed E-state index contributed by atoms with van der Waals surface area (Å²) in [4.78, 5) is 9.44. The zero-order valence-corrected chi connectivity index (χ0v) is 6.87. The molecule has 1 radical (unpaired) electrons. The van der Waals surface area contributed by atoms with E-state index >= 15 is 0 Å². The standard InChI is InChI=1S/C5H9O.Li.V/c1-2-3-4-5-6;;/h2-4H2,1H3;;/q-1;+1;. The van der Waals surface area contributed by atoms with Crippen LogP contribution in [0.1, 0.15) is 26.2 Å². The van der Waals surface area contributed by atoms with Crippen LogP contribution in [0.4, 0.5) is 0 Å². The molecule has 0 aromatic carbocycles. The van der Waals surface area contributed by atoms with Crippen molar-refractivity contribution in [3.05, 3.63) is 0 Å². The molecule has 0 fully saturated rings. The zero-order valence-electron chi connectivity index (χ0n) is 5.48. The molecule has 0 spiro atoms. The fourth-order valence-corrected chi connectivity index (χ4v) is 0.249. The van der Waals surface area contributed by atoms with Gasteiger partial charge < -0.3 is 4.79 Å². The SMILES string of the molecule is CCCC[C-]=O.[Li+].[V]. The summed E-state index contributed by atoms with van der Waals surface area (Å²) in [7, 11) is 0. The Morgan fingerprint density at radius 1 is 1.50 bits per heavy atom. The Hall–Kier alpha value is 0.852. The number of unbranched alkanes of at least 4 members (excludes halogenated alkanes) is 2. The molecule has 0 amide bonds. The van der Waals surface area contributed by atoms with Crippen LogP contribution in [0.5, 0.6) is 0 Å². The first-order chi connectivity index (χ1) is 2.91. The zero-order chi connectivity index (χ0) is 4.83.